The summed E-state index contributed by atoms with van der Waals surface area (Å²) in [5.74, 6) is -0.746. The van der Waals surface area contributed by atoms with Crippen LogP contribution in [0.3, 0.4) is 0 Å². The molecule has 7 heteroatoms. The topological polar surface area (TPSA) is 98.0 Å². The van der Waals surface area contributed by atoms with Gasteiger partial charge >= 0.3 is 5.97 Å². The number of rotatable bonds is 3. The SMILES string of the molecule is O=Cc1cn(-c2cnc(C(=O)O)cn2)cn1. The maximum absolute atomic E-state index is 10.5. The van der Waals surface area contributed by atoms with E-state index in [0.717, 1.165) is 6.20 Å². The third-order valence-corrected chi connectivity index (χ3v) is 1.85. The number of hydrogen-bond acceptors (Lipinski definition) is 5. The van der Waals surface area contributed by atoms with Crippen molar-refractivity contribution >= 4 is 12.3 Å². The van der Waals surface area contributed by atoms with E-state index in [1.807, 2.05) is 0 Å². The molecule has 0 unspecified atom stereocenters. The average Bonchev–Trinajstić information content (AvgIpc) is 2.77. The van der Waals surface area contributed by atoms with Gasteiger partial charge in [-0.15, -0.1) is 0 Å². The van der Waals surface area contributed by atoms with Crippen LogP contribution in [0.2, 0.25) is 0 Å². The second-order valence-electron chi connectivity index (χ2n) is 2.89. The molecule has 0 saturated carbocycles. The first-order valence-corrected chi connectivity index (χ1v) is 4.25. The second kappa shape index (κ2) is 3.89. The first-order chi connectivity index (χ1) is 7.70. The molecule has 2 aromatic heterocycles. The molecule has 7 nitrogen and oxygen atoms in total. The van der Waals surface area contributed by atoms with E-state index in [9.17, 15) is 9.59 Å². The summed E-state index contributed by atoms with van der Waals surface area (Å²) in [7, 11) is 0. The summed E-state index contributed by atoms with van der Waals surface area (Å²) in [5.41, 5.74) is 0.128. The lowest BCUT2D eigenvalue weighted by molar-refractivity contribution is 0.0690. The van der Waals surface area contributed by atoms with Crippen LogP contribution in [0.5, 0.6) is 0 Å². The highest BCUT2D eigenvalue weighted by molar-refractivity contribution is 5.84. The van der Waals surface area contributed by atoms with Gasteiger partial charge in [0.05, 0.1) is 12.4 Å². The number of aldehydes is 1. The van der Waals surface area contributed by atoms with E-state index < -0.39 is 5.97 Å². The fourth-order valence-electron chi connectivity index (χ4n) is 1.09. The first-order valence-electron chi connectivity index (χ1n) is 4.25. The Morgan fingerprint density at radius 1 is 1.31 bits per heavy atom. The zero-order chi connectivity index (χ0) is 11.5. The van der Waals surface area contributed by atoms with Crippen molar-refractivity contribution in [2.45, 2.75) is 0 Å². The zero-order valence-corrected chi connectivity index (χ0v) is 7.94. The van der Waals surface area contributed by atoms with Crippen LogP contribution >= 0.6 is 0 Å². The highest BCUT2D eigenvalue weighted by atomic mass is 16.4. The van der Waals surface area contributed by atoms with Gasteiger partial charge in [-0.2, -0.15) is 0 Å². The predicted molar refractivity (Wildman–Crippen MR) is 51.5 cm³/mol. The van der Waals surface area contributed by atoms with Gasteiger partial charge < -0.3 is 5.11 Å². The molecule has 2 aromatic rings. The summed E-state index contributed by atoms with van der Waals surface area (Å²) >= 11 is 0. The predicted octanol–water partition coefficient (Wildman–Crippen LogP) is 0.173. The van der Waals surface area contributed by atoms with Crippen LogP contribution in [-0.2, 0) is 0 Å². The molecule has 0 aliphatic heterocycles. The van der Waals surface area contributed by atoms with Gasteiger partial charge in [0.1, 0.15) is 12.0 Å². The number of aromatic nitrogens is 4. The Labute approximate surface area is 89.4 Å². The lowest BCUT2D eigenvalue weighted by Crippen LogP contribution is -2.03. The van der Waals surface area contributed by atoms with Gasteiger partial charge in [-0.3, -0.25) is 9.36 Å². The minimum atomic E-state index is -1.14. The Morgan fingerprint density at radius 3 is 2.62 bits per heavy atom. The van der Waals surface area contributed by atoms with Crippen molar-refractivity contribution in [2.24, 2.45) is 0 Å². The number of hydrogen-bond donors (Lipinski definition) is 1. The Bertz CT molecular complexity index is 532. The number of aromatic carboxylic acids is 1. The highest BCUT2D eigenvalue weighted by Gasteiger charge is 2.06. The number of carbonyl (C=O) groups excluding carboxylic acids is 1. The van der Waals surface area contributed by atoms with Crippen molar-refractivity contribution in [3.05, 3.63) is 36.3 Å². The number of carbonyl (C=O) groups is 2. The van der Waals surface area contributed by atoms with Crippen LogP contribution in [0.1, 0.15) is 21.0 Å². The molecule has 0 aliphatic carbocycles. The van der Waals surface area contributed by atoms with E-state index in [2.05, 4.69) is 15.0 Å². The van der Waals surface area contributed by atoms with Gasteiger partial charge in [-0.25, -0.2) is 19.7 Å². The van der Waals surface area contributed by atoms with Gasteiger partial charge in [0.15, 0.2) is 17.8 Å². The molecular weight excluding hydrogens is 212 g/mol. The molecular formula is C9H6N4O3. The van der Waals surface area contributed by atoms with Crippen molar-refractivity contribution in [1.29, 1.82) is 0 Å². The summed E-state index contributed by atoms with van der Waals surface area (Å²) in [5, 5.41) is 8.62. The van der Waals surface area contributed by atoms with Gasteiger partial charge in [0, 0.05) is 6.20 Å². The molecule has 16 heavy (non-hydrogen) atoms. The molecule has 80 valence electrons. The average molecular weight is 218 g/mol. The normalized spacial score (nSPS) is 10.0. The molecule has 0 amide bonds. The maximum Gasteiger partial charge on any atom is 0.356 e. The van der Waals surface area contributed by atoms with E-state index in [1.165, 1.54) is 23.3 Å². The molecule has 0 aliphatic rings. The van der Waals surface area contributed by atoms with Crippen LogP contribution in [0, 0.1) is 0 Å². The summed E-state index contributed by atoms with van der Waals surface area (Å²) in [6.07, 6.45) is 5.90. The van der Waals surface area contributed by atoms with Gasteiger partial charge in [-0.05, 0) is 0 Å². The van der Waals surface area contributed by atoms with Crippen LogP contribution in [-0.4, -0.2) is 36.9 Å². The number of imidazole rings is 1. The fraction of sp³-hybridized carbons (Fsp3) is 0. The van der Waals surface area contributed by atoms with Crippen molar-refractivity contribution < 1.29 is 14.7 Å². The second-order valence-corrected chi connectivity index (χ2v) is 2.89. The molecule has 0 fully saturated rings. The van der Waals surface area contributed by atoms with E-state index in [0.29, 0.717) is 12.1 Å². The molecule has 1 N–H and O–H groups in total. The molecule has 0 bridgehead atoms. The maximum atomic E-state index is 10.5. The van der Waals surface area contributed by atoms with Crippen LogP contribution in [0.25, 0.3) is 5.82 Å². The lowest BCUT2D eigenvalue weighted by Gasteiger charge is -1.99. The monoisotopic (exact) mass is 218 g/mol. The summed E-state index contributed by atoms with van der Waals surface area (Å²) < 4.78 is 1.47. The number of nitrogens with zero attached hydrogens (tertiary/aromatic N) is 4. The van der Waals surface area contributed by atoms with E-state index in [4.69, 9.17) is 5.11 Å². The third-order valence-electron chi connectivity index (χ3n) is 1.85. The minimum Gasteiger partial charge on any atom is -0.476 e. The van der Waals surface area contributed by atoms with E-state index in [-0.39, 0.29) is 11.4 Å². The molecule has 0 atom stereocenters. The summed E-state index contributed by atoms with van der Waals surface area (Å²) in [4.78, 5) is 32.3. The van der Waals surface area contributed by atoms with Crippen molar-refractivity contribution in [3.63, 3.8) is 0 Å². The summed E-state index contributed by atoms with van der Waals surface area (Å²) in [6, 6.07) is 0. The molecule has 0 saturated heterocycles. The fourth-order valence-corrected chi connectivity index (χ4v) is 1.09. The first kappa shape index (κ1) is 9.97. The zero-order valence-electron chi connectivity index (χ0n) is 7.94. The Hall–Kier alpha value is -2.57. The minimum absolute atomic E-state index is 0.139. The van der Waals surface area contributed by atoms with Crippen LogP contribution in [0.4, 0.5) is 0 Å². The molecule has 0 aromatic carbocycles. The van der Waals surface area contributed by atoms with E-state index >= 15 is 0 Å². The molecule has 2 rings (SSSR count). The molecule has 0 spiro atoms. The lowest BCUT2D eigenvalue weighted by atomic mass is 10.4. The van der Waals surface area contributed by atoms with Gasteiger partial charge in [-0.1, -0.05) is 0 Å². The van der Waals surface area contributed by atoms with Crippen molar-refractivity contribution in [1.82, 2.24) is 19.5 Å². The summed E-state index contributed by atoms with van der Waals surface area (Å²) in [6.45, 7) is 0. The van der Waals surface area contributed by atoms with Crippen molar-refractivity contribution in [2.75, 3.05) is 0 Å². The molecule has 0 radical (unpaired) electrons. The van der Waals surface area contributed by atoms with Gasteiger partial charge in [0.25, 0.3) is 0 Å². The number of carboxylic acids is 1. The van der Waals surface area contributed by atoms with Crippen molar-refractivity contribution in [3.8, 4) is 5.82 Å². The Balaban J connectivity index is 2.34. The van der Waals surface area contributed by atoms with E-state index in [1.54, 1.807) is 0 Å². The number of carboxylic acid groups (broad SMARTS) is 1. The van der Waals surface area contributed by atoms with Gasteiger partial charge in [0.2, 0.25) is 0 Å². The van der Waals surface area contributed by atoms with Crippen LogP contribution in [0.15, 0.2) is 24.9 Å². The third kappa shape index (κ3) is 1.78. The Morgan fingerprint density at radius 2 is 2.12 bits per heavy atom. The quantitative estimate of drug-likeness (QED) is 0.737. The Kier molecular flexibility index (Phi) is 2.42. The smallest absolute Gasteiger partial charge is 0.356 e. The highest BCUT2D eigenvalue weighted by Crippen LogP contribution is 2.03. The standard InChI is InChI=1S/C9H6N4O3/c14-4-6-3-13(5-12-6)8-2-10-7(1-11-8)9(15)16/h1-5H,(H,15,16). The molecule has 2 heterocycles. The largest absolute Gasteiger partial charge is 0.476 e. The van der Waals surface area contributed by atoms with Crippen LogP contribution < -0.4 is 0 Å².